The molecule has 0 aliphatic carbocycles. The lowest BCUT2D eigenvalue weighted by Gasteiger charge is -2.13. The first-order valence-electron chi connectivity index (χ1n) is 7.77. The monoisotopic (exact) mass is 306 g/mol. The van der Waals surface area contributed by atoms with Gasteiger partial charge in [-0.2, -0.15) is 10.2 Å². The predicted octanol–water partition coefficient (Wildman–Crippen LogP) is 2.08. The Morgan fingerprint density at radius 2 is 2.23 bits per heavy atom. The summed E-state index contributed by atoms with van der Waals surface area (Å²) in [7, 11) is 0. The number of H-pyrrole nitrogens is 1. The molecule has 0 bridgehead atoms. The third-order valence-electron chi connectivity index (χ3n) is 4.25. The summed E-state index contributed by atoms with van der Waals surface area (Å²) in [5.41, 5.74) is 1.16. The lowest BCUT2D eigenvalue weighted by molar-refractivity contribution is 0.295. The van der Waals surface area contributed by atoms with Crippen LogP contribution in [-0.2, 0) is 6.54 Å². The molecule has 0 amide bonds. The van der Waals surface area contributed by atoms with Crippen LogP contribution in [0.1, 0.15) is 43.0 Å². The van der Waals surface area contributed by atoms with Gasteiger partial charge >= 0.3 is 0 Å². The number of aromatic amines is 1. The van der Waals surface area contributed by atoms with Gasteiger partial charge < -0.3 is 0 Å². The van der Waals surface area contributed by atoms with Crippen LogP contribution in [0.25, 0.3) is 0 Å². The Morgan fingerprint density at radius 1 is 1.41 bits per heavy atom. The molecule has 0 unspecified atom stereocenters. The smallest absolute Gasteiger partial charge is 0.155 e. The van der Waals surface area contributed by atoms with Crippen LogP contribution in [0, 0.1) is 12.8 Å². The van der Waals surface area contributed by atoms with E-state index in [9.17, 15) is 4.39 Å². The van der Waals surface area contributed by atoms with Crippen molar-refractivity contribution >= 4 is 0 Å². The summed E-state index contributed by atoms with van der Waals surface area (Å²) in [6, 6.07) is 0.356. The molecule has 0 spiro atoms. The number of alkyl halides is 1. The molecule has 1 aliphatic heterocycles. The van der Waals surface area contributed by atoms with Crippen molar-refractivity contribution in [1.82, 2.24) is 29.9 Å². The largest absolute Gasteiger partial charge is 0.298 e. The first-order chi connectivity index (χ1) is 10.6. The zero-order chi connectivity index (χ0) is 15.7. The predicted molar refractivity (Wildman–Crippen MR) is 81.2 cm³/mol. The summed E-state index contributed by atoms with van der Waals surface area (Å²) in [5, 5.41) is 11.4. The molecule has 120 valence electrons. The zero-order valence-corrected chi connectivity index (χ0v) is 13.3. The maximum atomic E-state index is 13.4. The third kappa shape index (κ3) is 3.04. The average Bonchev–Trinajstić information content (AvgIpc) is 3.18. The Morgan fingerprint density at radius 3 is 2.82 bits per heavy atom. The number of nitrogens with one attached hydrogen (secondary N) is 1. The van der Waals surface area contributed by atoms with Gasteiger partial charge in [0, 0.05) is 49.3 Å². The molecule has 7 heteroatoms. The number of aryl methyl sites for hydroxylation is 1. The summed E-state index contributed by atoms with van der Waals surface area (Å²) >= 11 is 0. The van der Waals surface area contributed by atoms with Crippen LogP contribution in [-0.4, -0.2) is 49.6 Å². The molecule has 2 atom stereocenters. The van der Waals surface area contributed by atoms with E-state index in [0.29, 0.717) is 6.04 Å². The zero-order valence-electron chi connectivity index (χ0n) is 13.3. The van der Waals surface area contributed by atoms with E-state index in [1.807, 2.05) is 17.8 Å². The van der Waals surface area contributed by atoms with Crippen LogP contribution in [0.3, 0.4) is 0 Å². The van der Waals surface area contributed by atoms with Gasteiger partial charge in [0.15, 0.2) is 5.82 Å². The fourth-order valence-electron chi connectivity index (χ4n) is 3.06. The lowest BCUT2D eigenvalue weighted by atomic mass is 9.97. The lowest BCUT2D eigenvalue weighted by Crippen LogP contribution is -2.20. The summed E-state index contributed by atoms with van der Waals surface area (Å²) in [6.07, 6.45) is 3.97. The highest BCUT2D eigenvalue weighted by molar-refractivity contribution is 5.09. The van der Waals surface area contributed by atoms with Crippen molar-refractivity contribution in [1.29, 1.82) is 0 Å². The average molecular weight is 306 g/mol. The van der Waals surface area contributed by atoms with E-state index >= 15 is 0 Å². The molecule has 1 fully saturated rings. The van der Waals surface area contributed by atoms with Crippen LogP contribution in [0.2, 0.25) is 0 Å². The highest BCUT2D eigenvalue weighted by Crippen LogP contribution is 2.32. The van der Waals surface area contributed by atoms with Crippen molar-refractivity contribution in [2.75, 3.05) is 19.8 Å². The number of rotatable bonds is 5. The molecular formula is C15H23FN6. The van der Waals surface area contributed by atoms with Crippen LogP contribution in [0.15, 0.2) is 12.4 Å². The molecule has 2 aromatic rings. The normalized spacial score (nSPS) is 22.8. The Bertz CT molecular complexity index is 619. The van der Waals surface area contributed by atoms with Gasteiger partial charge in [-0.15, -0.1) is 0 Å². The second-order valence-corrected chi connectivity index (χ2v) is 6.42. The summed E-state index contributed by atoms with van der Waals surface area (Å²) < 4.78 is 15.3. The van der Waals surface area contributed by atoms with Gasteiger partial charge in [-0.1, -0.05) is 0 Å². The van der Waals surface area contributed by atoms with E-state index in [1.165, 1.54) is 0 Å². The second kappa shape index (κ2) is 6.16. The number of aromatic nitrogens is 5. The molecular weight excluding hydrogens is 283 g/mol. The number of likely N-dealkylation sites (tertiary alicyclic amines) is 1. The molecule has 6 nitrogen and oxygen atoms in total. The van der Waals surface area contributed by atoms with E-state index in [4.69, 9.17) is 0 Å². The summed E-state index contributed by atoms with van der Waals surface area (Å²) in [5.74, 6) is 1.55. The van der Waals surface area contributed by atoms with E-state index in [-0.39, 0.29) is 18.5 Å². The van der Waals surface area contributed by atoms with Crippen LogP contribution in [0.5, 0.6) is 0 Å². The second-order valence-electron chi connectivity index (χ2n) is 6.42. The van der Waals surface area contributed by atoms with Crippen molar-refractivity contribution in [2.45, 2.75) is 39.3 Å². The van der Waals surface area contributed by atoms with Crippen molar-refractivity contribution in [2.24, 2.45) is 5.92 Å². The molecule has 1 saturated heterocycles. The molecule has 1 N–H and O–H groups in total. The van der Waals surface area contributed by atoms with Gasteiger partial charge in [0.05, 0.1) is 12.9 Å². The minimum absolute atomic E-state index is 0.0321. The fraction of sp³-hybridized carbons (Fsp3) is 0.667. The SMILES string of the molecule is Cc1nc([C@@H]2CN(Cc3cnn(C(C)C)c3)C[C@H]2CF)n[nH]1. The Balaban J connectivity index is 1.68. The standard InChI is InChI=1S/C15H23FN6/c1-10(2)22-7-12(5-17-22)6-21-8-13(4-16)14(9-21)15-18-11(3)19-20-15/h5,7,10,13-14H,4,6,8-9H2,1-3H3,(H,18,19,20)/t13-,14-/m1/s1. The summed E-state index contributed by atoms with van der Waals surface area (Å²) in [4.78, 5) is 6.65. The number of halogens is 1. The Hall–Kier alpha value is -1.76. The van der Waals surface area contributed by atoms with Gasteiger partial charge in [-0.25, -0.2) is 4.98 Å². The minimum Gasteiger partial charge on any atom is -0.298 e. The Kier molecular flexibility index (Phi) is 4.24. The van der Waals surface area contributed by atoms with Crippen molar-refractivity contribution < 1.29 is 4.39 Å². The highest BCUT2D eigenvalue weighted by Gasteiger charge is 2.36. The van der Waals surface area contributed by atoms with Crippen LogP contribution >= 0.6 is 0 Å². The van der Waals surface area contributed by atoms with Crippen molar-refractivity contribution in [3.63, 3.8) is 0 Å². The first-order valence-corrected chi connectivity index (χ1v) is 7.77. The Labute approximate surface area is 129 Å². The van der Waals surface area contributed by atoms with E-state index < -0.39 is 0 Å². The minimum atomic E-state index is -0.333. The third-order valence-corrected chi connectivity index (χ3v) is 4.25. The molecule has 0 saturated carbocycles. The van der Waals surface area contributed by atoms with E-state index in [2.05, 4.69) is 45.2 Å². The highest BCUT2D eigenvalue weighted by atomic mass is 19.1. The van der Waals surface area contributed by atoms with Gasteiger partial charge in [-0.05, 0) is 20.8 Å². The van der Waals surface area contributed by atoms with Gasteiger partial charge in [0.25, 0.3) is 0 Å². The maximum absolute atomic E-state index is 13.4. The van der Waals surface area contributed by atoms with E-state index in [1.54, 1.807) is 0 Å². The first kappa shape index (κ1) is 15.1. The van der Waals surface area contributed by atoms with Crippen molar-refractivity contribution in [3.8, 4) is 0 Å². The van der Waals surface area contributed by atoms with Crippen LogP contribution in [0.4, 0.5) is 4.39 Å². The topological polar surface area (TPSA) is 62.6 Å². The van der Waals surface area contributed by atoms with Crippen LogP contribution < -0.4 is 0 Å². The number of hydrogen-bond acceptors (Lipinski definition) is 4. The number of hydrogen-bond donors (Lipinski definition) is 1. The molecule has 22 heavy (non-hydrogen) atoms. The maximum Gasteiger partial charge on any atom is 0.155 e. The molecule has 3 heterocycles. The van der Waals surface area contributed by atoms with Crippen molar-refractivity contribution in [3.05, 3.63) is 29.6 Å². The molecule has 3 rings (SSSR count). The van der Waals surface area contributed by atoms with Gasteiger partial charge in [-0.3, -0.25) is 19.1 Å². The number of nitrogens with zero attached hydrogens (tertiary/aromatic N) is 5. The fourth-order valence-corrected chi connectivity index (χ4v) is 3.06. The van der Waals surface area contributed by atoms with E-state index in [0.717, 1.165) is 36.8 Å². The summed E-state index contributed by atoms with van der Waals surface area (Å²) in [6.45, 7) is 8.07. The van der Waals surface area contributed by atoms with Gasteiger partial charge in [0.1, 0.15) is 5.82 Å². The molecule has 0 radical (unpaired) electrons. The quantitative estimate of drug-likeness (QED) is 0.918. The molecule has 2 aromatic heterocycles. The molecule has 0 aromatic carbocycles. The van der Waals surface area contributed by atoms with Gasteiger partial charge in [0.2, 0.25) is 0 Å². The molecule has 1 aliphatic rings.